The molecule has 2 saturated heterocycles. The Morgan fingerprint density at radius 2 is 1.84 bits per heavy atom. The number of amidine groups is 1. The minimum Gasteiger partial charge on any atom is -0.437 e. The first-order chi connectivity index (χ1) is 18.2. The molecular formula is C26H26FN7O3. The molecule has 0 aliphatic carbocycles. The number of para-hydroxylation sites is 1. The third-order valence-corrected chi connectivity index (χ3v) is 6.33. The first-order valence-corrected chi connectivity index (χ1v) is 12.1. The SMILES string of the molecule is OC1Nc2ccccc2C(c2ccccc2)=NC1/N=C1\NNC(c2ncc(F)cc2N2CCOCC2)O1. The van der Waals surface area contributed by atoms with Gasteiger partial charge in [-0.15, -0.1) is 0 Å². The molecule has 0 saturated carbocycles. The van der Waals surface area contributed by atoms with Crippen LogP contribution in [-0.2, 0) is 9.47 Å². The lowest BCUT2D eigenvalue weighted by Gasteiger charge is -2.30. The van der Waals surface area contributed by atoms with Crippen molar-refractivity contribution in [3.8, 4) is 0 Å². The van der Waals surface area contributed by atoms with Gasteiger partial charge >= 0.3 is 6.02 Å². The first kappa shape index (κ1) is 23.3. The highest BCUT2D eigenvalue weighted by Gasteiger charge is 2.32. The van der Waals surface area contributed by atoms with Crippen LogP contribution in [0, 0.1) is 5.82 Å². The quantitative estimate of drug-likeness (QED) is 0.428. The monoisotopic (exact) mass is 503 g/mol. The number of aliphatic imine (C=N–C) groups is 2. The highest BCUT2D eigenvalue weighted by atomic mass is 19.1. The molecule has 4 heterocycles. The molecule has 1 aromatic heterocycles. The second kappa shape index (κ2) is 10.1. The van der Waals surface area contributed by atoms with Gasteiger partial charge in [0.25, 0.3) is 0 Å². The Morgan fingerprint density at radius 1 is 1.05 bits per heavy atom. The van der Waals surface area contributed by atoms with Crippen LogP contribution in [0.25, 0.3) is 0 Å². The third kappa shape index (κ3) is 4.84. The summed E-state index contributed by atoms with van der Waals surface area (Å²) < 4.78 is 25.5. The van der Waals surface area contributed by atoms with Crippen molar-refractivity contribution in [2.75, 3.05) is 36.5 Å². The fraction of sp³-hybridized carbons (Fsp3) is 0.269. The highest BCUT2D eigenvalue weighted by molar-refractivity contribution is 6.16. The number of fused-ring (bicyclic) bond motifs is 1. The molecule has 0 amide bonds. The minimum absolute atomic E-state index is 0.136. The Balaban J connectivity index is 1.30. The number of rotatable bonds is 4. The van der Waals surface area contributed by atoms with Gasteiger partial charge in [-0.25, -0.2) is 9.38 Å². The number of nitrogens with one attached hydrogen (secondary N) is 3. The van der Waals surface area contributed by atoms with Gasteiger partial charge in [-0.3, -0.25) is 15.4 Å². The van der Waals surface area contributed by atoms with Crippen LogP contribution in [0.1, 0.15) is 23.0 Å². The van der Waals surface area contributed by atoms with E-state index in [0.717, 1.165) is 23.0 Å². The zero-order valence-corrected chi connectivity index (χ0v) is 19.8. The molecule has 2 fully saturated rings. The van der Waals surface area contributed by atoms with Crippen LogP contribution in [-0.4, -0.2) is 60.5 Å². The maximum Gasteiger partial charge on any atom is 0.303 e. The number of hydrogen-bond acceptors (Lipinski definition) is 9. The Hall–Kier alpha value is -4.06. The number of ether oxygens (including phenoxy) is 2. The Morgan fingerprint density at radius 3 is 2.68 bits per heavy atom. The number of benzene rings is 2. The van der Waals surface area contributed by atoms with Gasteiger partial charge in [-0.1, -0.05) is 48.5 Å². The zero-order valence-electron chi connectivity index (χ0n) is 19.8. The van der Waals surface area contributed by atoms with Gasteiger partial charge in [0, 0.05) is 36.0 Å². The summed E-state index contributed by atoms with van der Waals surface area (Å²) in [4.78, 5) is 15.7. The van der Waals surface area contributed by atoms with Gasteiger partial charge in [0.05, 0.1) is 30.8 Å². The van der Waals surface area contributed by atoms with Gasteiger partial charge in [0.1, 0.15) is 11.5 Å². The molecule has 3 aromatic rings. The Bertz CT molecular complexity index is 1330. The molecule has 3 unspecified atom stereocenters. The topological polar surface area (TPSA) is 116 Å². The number of hydrazine groups is 1. The van der Waals surface area contributed by atoms with E-state index in [1.165, 1.54) is 6.07 Å². The molecule has 3 atom stereocenters. The number of halogens is 1. The maximum atomic E-state index is 14.1. The molecule has 11 heteroatoms. The van der Waals surface area contributed by atoms with Gasteiger partial charge in [-0.2, -0.15) is 5.43 Å². The molecule has 0 bridgehead atoms. The van der Waals surface area contributed by atoms with E-state index in [-0.39, 0.29) is 6.02 Å². The van der Waals surface area contributed by atoms with E-state index in [9.17, 15) is 9.50 Å². The van der Waals surface area contributed by atoms with Gasteiger partial charge < -0.3 is 24.8 Å². The van der Waals surface area contributed by atoms with E-state index in [0.29, 0.717) is 43.4 Å². The predicted molar refractivity (Wildman–Crippen MR) is 137 cm³/mol. The normalized spacial score (nSPS) is 24.4. The average Bonchev–Trinajstić information content (AvgIpc) is 3.35. The zero-order chi connectivity index (χ0) is 25.2. The summed E-state index contributed by atoms with van der Waals surface area (Å²) in [5.41, 5.74) is 10.3. The number of aromatic nitrogens is 1. The van der Waals surface area contributed by atoms with Crippen molar-refractivity contribution in [1.29, 1.82) is 0 Å². The number of anilines is 2. The van der Waals surface area contributed by atoms with Crippen LogP contribution in [0.5, 0.6) is 0 Å². The number of nitrogens with zero attached hydrogens (tertiary/aromatic N) is 4. The molecule has 6 rings (SSSR count). The lowest BCUT2D eigenvalue weighted by Crippen LogP contribution is -2.38. The molecule has 3 aliphatic heterocycles. The largest absolute Gasteiger partial charge is 0.437 e. The number of aliphatic hydroxyl groups is 1. The second-order valence-electron chi connectivity index (χ2n) is 8.75. The van der Waals surface area contributed by atoms with Gasteiger partial charge in [0.2, 0.25) is 6.23 Å². The smallest absolute Gasteiger partial charge is 0.303 e. The van der Waals surface area contributed by atoms with Crippen molar-refractivity contribution in [3.63, 3.8) is 0 Å². The molecule has 4 N–H and O–H groups in total. The standard InChI is InChI=1S/C26H26FN7O3/c27-17-14-20(34-10-12-36-13-11-34)22(28-15-17)25-32-33-26(37-25)31-23-24(35)29-19-9-5-4-8-18(19)21(30-23)16-6-2-1-3-7-16/h1-9,14-15,23-25,29,32,35H,10-13H2,(H,31,33). The van der Waals surface area contributed by atoms with Crippen LogP contribution in [0.15, 0.2) is 76.8 Å². The van der Waals surface area contributed by atoms with Crippen LogP contribution in [0.3, 0.4) is 0 Å². The summed E-state index contributed by atoms with van der Waals surface area (Å²) in [6.07, 6.45) is -1.58. The van der Waals surface area contributed by atoms with E-state index in [1.54, 1.807) is 0 Å². The van der Waals surface area contributed by atoms with Crippen LogP contribution in [0.4, 0.5) is 15.8 Å². The second-order valence-corrected chi connectivity index (χ2v) is 8.75. The highest BCUT2D eigenvalue weighted by Crippen LogP contribution is 2.29. The summed E-state index contributed by atoms with van der Waals surface area (Å²) in [6.45, 7) is 2.35. The van der Waals surface area contributed by atoms with E-state index in [2.05, 4.69) is 26.1 Å². The van der Waals surface area contributed by atoms with Crippen LogP contribution < -0.4 is 21.1 Å². The van der Waals surface area contributed by atoms with Crippen LogP contribution >= 0.6 is 0 Å². The summed E-state index contributed by atoms with van der Waals surface area (Å²) in [7, 11) is 0. The van der Waals surface area contributed by atoms with Gasteiger partial charge in [0.15, 0.2) is 12.4 Å². The number of morpholine rings is 1. The average molecular weight is 504 g/mol. The molecule has 0 radical (unpaired) electrons. The van der Waals surface area contributed by atoms with Crippen molar-refractivity contribution in [2.24, 2.45) is 9.98 Å². The first-order valence-electron chi connectivity index (χ1n) is 12.1. The van der Waals surface area contributed by atoms with Crippen molar-refractivity contribution in [1.82, 2.24) is 15.8 Å². The van der Waals surface area contributed by atoms with Gasteiger partial charge in [-0.05, 0) is 6.07 Å². The molecule has 3 aliphatic rings. The molecular weight excluding hydrogens is 477 g/mol. The number of pyridine rings is 1. The lowest BCUT2D eigenvalue weighted by atomic mass is 10.0. The lowest BCUT2D eigenvalue weighted by molar-refractivity contribution is 0.122. The van der Waals surface area contributed by atoms with Crippen molar-refractivity contribution < 1.29 is 19.0 Å². The molecule has 10 nitrogen and oxygen atoms in total. The van der Waals surface area contributed by atoms with Crippen molar-refractivity contribution in [3.05, 3.63) is 89.5 Å². The summed E-state index contributed by atoms with van der Waals surface area (Å²) in [5, 5.41) is 14.1. The minimum atomic E-state index is -1.10. The predicted octanol–water partition coefficient (Wildman–Crippen LogP) is 2.14. The maximum absolute atomic E-state index is 14.1. The van der Waals surface area contributed by atoms with E-state index in [1.807, 2.05) is 59.5 Å². The number of aliphatic hydroxyl groups excluding tert-OH is 1. The fourth-order valence-corrected chi connectivity index (χ4v) is 4.55. The van der Waals surface area contributed by atoms with E-state index >= 15 is 0 Å². The molecule has 37 heavy (non-hydrogen) atoms. The molecule has 0 spiro atoms. The van der Waals surface area contributed by atoms with Crippen molar-refractivity contribution in [2.45, 2.75) is 18.6 Å². The fourth-order valence-electron chi connectivity index (χ4n) is 4.55. The van der Waals surface area contributed by atoms with E-state index in [4.69, 9.17) is 14.5 Å². The Kier molecular flexibility index (Phi) is 6.39. The number of hydrogen-bond donors (Lipinski definition) is 4. The summed E-state index contributed by atoms with van der Waals surface area (Å²) in [5.74, 6) is -0.430. The Labute approximate surface area is 212 Å². The van der Waals surface area contributed by atoms with Crippen molar-refractivity contribution >= 4 is 23.1 Å². The summed E-state index contributed by atoms with van der Waals surface area (Å²) in [6, 6.07) is 19.0. The third-order valence-electron chi connectivity index (χ3n) is 6.33. The molecule has 190 valence electrons. The van der Waals surface area contributed by atoms with Crippen LogP contribution in [0.2, 0.25) is 0 Å². The number of benzodiazepines with no additional fused rings is 1. The van der Waals surface area contributed by atoms with E-state index < -0.39 is 24.4 Å². The summed E-state index contributed by atoms with van der Waals surface area (Å²) >= 11 is 0. The molecule has 2 aromatic carbocycles.